The molecule has 3 rings (SSSR count). The van der Waals surface area contributed by atoms with E-state index in [1.54, 1.807) is 30.3 Å². The number of benzene rings is 1. The monoisotopic (exact) mass is 421 g/mol. The molecule has 2 heterocycles. The van der Waals surface area contributed by atoms with Gasteiger partial charge in [-0.15, -0.1) is 0 Å². The van der Waals surface area contributed by atoms with Crippen molar-refractivity contribution in [3.63, 3.8) is 0 Å². The highest BCUT2D eigenvalue weighted by atomic mass is 19.4. The Morgan fingerprint density at radius 1 is 1.20 bits per heavy atom. The van der Waals surface area contributed by atoms with Crippen LogP contribution in [0.2, 0.25) is 0 Å². The number of ether oxygens (including phenoxy) is 2. The summed E-state index contributed by atoms with van der Waals surface area (Å²) in [4.78, 5) is 14.7. The molecule has 30 heavy (non-hydrogen) atoms. The van der Waals surface area contributed by atoms with Crippen molar-refractivity contribution in [2.75, 3.05) is 20.3 Å². The second-order valence-corrected chi connectivity index (χ2v) is 6.05. The lowest BCUT2D eigenvalue weighted by Gasteiger charge is -2.10. The zero-order chi connectivity index (χ0) is 21.7. The van der Waals surface area contributed by atoms with Gasteiger partial charge in [0.1, 0.15) is 12.4 Å². The Bertz CT molecular complexity index is 1000. The number of alkyl halides is 3. The third-order valence-electron chi connectivity index (χ3n) is 3.99. The number of urea groups is 1. The molecule has 0 aliphatic rings. The van der Waals surface area contributed by atoms with E-state index in [1.807, 2.05) is 0 Å². The molecule has 0 aliphatic carbocycles. The van der Waals surface area contributed by atoms with Gasteiger partial charge in [-0.25, -0.2) is 14.5 Å². The molecule has 0 fully saturated rings. The van der Waals surface area contributed by atoms with E-state index in [2.05, 4.69) is 15.4 Å². The van der Waals surface area contributed by atoms with E-state index >= 15 is 0 Å². The van der Waals surface area contributed by atoms with Gasteiger partial charge in [-0.2, -0.15) is 18.3 Å². The molecule has 3 N–H and O–H groups in total. The van der Waals surface area contributed by atoms with E-state index in [1.165, 1.54) is 24.1 Å². The Morgan fingerprint density at radius 3 is 2.50 bits per heavy atom. The Labute approximate surface area is 169 Å². The molecule has 3 aromatic rings. The maximum absolute atomic E-state index is 13.3. The predicted octanol–water partition coefficient (Wildman–Crippen LogP) is 3.01. The molecule has 2 amide bonds. The van der Waals surface area contributed by atoms with Crippen LogP contribution >= 0.6 is 0 Å². The van der Waals surface area contributed by atoms with E-state index in [9.17, 15) is 18.0 Å². The molecule has 8 nitrogen and oxygen atoms in total. The van der Waals surface area contributed by atoms with Gasteiger partial charge in [0.05, 0.1) is 31.2 Å². The van der Waals surface area contributed by atoms with Crippen molar-refractivity contribution >= 4 is 6.03 Å². The summed E-state index contributed by atoms with van der Waals surface area (Å²) in [5, 5.41) is 6.10. The van der Waals surface area contributed by atoms with Gasteiger partial charge >= 0.3 is 12.2 Å². The molecule has 2 aromatic heterocycles. The van der Waals surface area contributed by atoms with Crippen molar-refractivity contribution in [2.24, 2.45) is 5.73 Å². The van der Waals surface area contributed by atoms with Gasteiger partial charge in [-0.1, -0.05) is 0 Å². The fraction of sp³-hybridized carbons (Fsp3) is 0.211. The minimum atomic E-state index is -4.60. The topological polar surface area (TPSA) is 104 Å². The lowest BCUT2D eigenvalue weighted by Crippen LogP contribution is -2.32. The number of hydrogen-bond donors (Lipinski definition) is 2. The van der Waals surface area contributed by atoms with Gasteiger partial charge in [0.2, 0.25) is 5.88 Å². The first-order valence-corrected chi connectivity index (χ1v) is 8.72. The molecule has 0 atom stereocenters. The van der Waals surface area contributed by atoms with Crippen molar-refractivity contribution in [2.45, 2.75) is 6.18 Å². The number of halogens is 3. The molecule has 11 heteroatoms. The summed E-state index contributed by atoms with van der Waals surface area (Å²) in [5.74, 6) is 0.814. The summed E-state index contributed by atoms with van der Waals surface area (Å²) >= 11 is 0. The second-order valence-electron chi connectivity index (χ2n) is 6.05. The maximum atomic E-state index is 13.3. The number of carbonyl (C=O) groups excluding carboxylic acids is 1. The fourth-order valence-corrected chi connectivity index (χ4v) is 2.61. The molecule has 0 spiro atoms. The zero-order valence-electron chi connectivity index (χ0n) is 15.8. The van der Waals surface area contributed by atoms with Crippen LogP contribution in [0.4, 0.5) is 18.0 Å². The predicted molar refractivity (Wildman–Crippen MR) is 101 cm³/mol. The minimum Gasteiger partial charge on any atom is -0.492 e. The van der Waals surface area contributed by atoms with Crippen LogP contribution in [0.3, 0.4) is 0 Å². The fourth-order valence-electron chi connectivity index (χ4n) is 2.61. The lowest BCUT2D eigenvalue weighted by atomic mass is 10.1. The Balaban J connectivity index is 1.88. The number of primary amides is 1. The summed E-state index contributed by atoms with van der Waals surface area (Å²) in [6, 6.07) is 9.85. The molecule has 0 unspecified atom stereocenters. The van der Waals surface area contributed by atoms with Crippen LogP contribution in [0.1, 0.15) is 5.69 Å². The number of carbonyl (C=O) groups is 1. The van der Waals surface area contributed by atoms with E-state index < -0.39 is 17.9 Å². The summed E-state index contributed by atoms with van der Waals surface area (Å²) in [6.07, 6.45) is -3.23. The molecule has 0 bridgehead atoms. The molecular weight excluding hydrogens is 403 g/mol. The van der Waals surface area contributed by atoms with E-state index in [4.69, 9.17) is 15.2 Å². The second kappa shape index (κ2) is 8.72. The summed E-state index contributed by atoms with van der Waals surface area (Å²) in [6.45, 7) is 0.416. The van der Waals surface area contributed by atoms with E-state index in [0.29, 0.717) is 22.9 Å². The third kappa shape index (κ3) is 4.99. The summed E-state index contributed by atoms with van der Waals surface area (Å²) in [5.41, 5.74) is 5.02. The van der Waals surface area contributed by atoms with Crippen molar-refractivity contribution < 1.29 is 27.4 Å². The SMILES string of the molecule is COc1ccc(-n2nc(C(F)(F)F)cc2-c2ccc(OCCNC(N)=O)cc2)cn1. The molecular formula is C19H18F3N5O3. The van der Waals surface area contributed by atoms with E-state index in [0.717, 1.165) is 6.07 Å². The van der Waals surface area contributed by atoms with Crippen LogP contribution in [0.5, 0.6) is 11.6 Å². The molecule has 158 valence electrons. The average Bonchev–Trinajstić information content (AvgIpc) is 3.17. The maximum Gasteiger partial charge on any atom is 0.435 e. The molecule has 0 radical (unpaired) electrons. The van der Waals surface area contributed by atoms with Crippen LogP contribution < -0.4 is 20.5 Å². The number of rotatable bonds is 7. The first-order chi connectivity index (χ1) is 14.3. The highest BCUT2D eigenvalue weighted by Gasteiger charge is 2.35. The number of nitrogens with zero attached hydrogens (tertiary/aromatic N) is 3. The Kier molecular flexibility index (Phi) is 6.09. The minimum absolute atomic E-state index is 0.190. The van der Waals surface area contributed by atoms with Crippen LogP contribution in [-0.4, -0.2) is 41.1 Å². The normalized spacial score (nSPS) is 11.2. The largest absolute Gasteiger partial charge is 0.492 e. The van der Waals surface area contributed by atoms with E-state index in [-0.39, 0.29) is 18.8 Å². The van der Waals surface area contributed by atoms with Crippen molar-refractivity contribution in [3.8, 4) is 28.6 Å². The molecule has 0 saturated carbocycles. The lowest BCUT2D eigenvalue weighted by molar-refractivity contribution is -0.141. The van der Waals surface area contributed by atoms with Crippen molar-refractivity contribution in [1.82, 2.24) is 20.1 Å². The molecule has 0 aliphatic heterocycles. The number of aromatic nitrogens is 3. The number of nitrogens with one attached hydrogen (secondary N) is 1. The summed E-state index contributed by atoms with van der Waals surface area (Å²) < 4.78 is 51.4. The first kappa shape index (κ1) is 21.0. The van der Waals surface area contributed by atoms with Crippen LogP contribution in [0.25, 0.3) is 16.9 Å². The highest BCUT2D eigenvalue weighted by Crippen LogP contribution is 2.33. The van der Waals surface area contributed by atoms with Gasteiger partial charge < -0.3 is 20.5 Å². The van der Waals surface area contributed by atoms with Gasteiger partial charge in [-0.3, -0.25) is 0 Å². The number of nitrogens with two attached hydrogens (primary N) is 1. The van der Waals surface area contributed by atoms with Crippen molar-refractivity contribution in [1.29, 1.82) is 0 Å². The number of pyridine rings is 1. The van der Waals surface area contributed by atoms with Crippen molar-refractivity contribution in [3.05, 3.63) is 54.4 Å². The summed E-state index contributed by atoms with van der Waals surface area (Å²) in [7, 11) is 1.44. The standard InChI is InChI=1S/C19H18F3N5O3/c1-29-17-7-4-13(11-25-17)27-15(10-16(26-27)19(20,21)22)12-2-5-14(6-3-12)30-9-8-24-18(23)28/h2-7,10-11H,8-9H2,1H3,(H3,23,24,28). The number of methoxy groups -OCH3 is 1. The Hall–Kier alpha value is -3.76. The molecule has 1 aromatic carbocycles. The third-order valence-corrected chi connectivity index (χ3v) is 3.99. The Morgan fingerprint density at radius 2 is 1.93 bits per heavy atom. The number of hydrogen-bond acceptors (Lipinski definition) is 5. The quantitative estimate of drug-likeness (QED) is 0.571. The van der Waals surface area contributed by atoms with Crippen LogP contribution in [0.15, 0.2) is 48.7 Å². The van der Waals surface area contributed by atoms with Gasteiger partial charge in [-0.05, 0) is 36.4 Å². The molecule has 0 saturated heterocycles. The van der Waals surface area contributed by atoms with Gasteiger partial charge in [0, 0.05) is 11.6 Å². The highest BCUT2D eigenvalue weighted by molar-refractivity contribution is 5.71. The van der Waals surface area contributed by atoms with Crippen LogP contribution in [-0.2, 0) is 6.18 Å². The first-order valence-electron chi connectivity index (χ1n) is 8.72. The number of amides is 2. The van der Waals surface area contributed by atoms with Crippen LogP contribution in [0, 0.1) is 0 Å². The zero-order valence-corrected chi connectivity index (χ0v) is 15.8. The average molecular weight is 421 g/mol. The van der Waals surface area contributed by atoms with Gasteiger partial charge in [0.25, 0.3) is 0 Å². The van der Waals surface area contributed by atoms with Gasteiger partial charge in [0.15, 0.2) is 5.69 Å². The smallest absolute Gasteiger partial charge is 0.435 e.